The molecule has 20 heavy (non-hydrogen) atoms. The molecule has 0 aliphatic rings. The average molecular weight is 298 g/mol. The Balaban J connectivity index is 2.10. The number of ether oxygens (including phenoxy) is 1. The minimum absolute atomic E-state index is 0.273. The first-order valence-corrected chi connectivity index (χ1v) is 6.77. The molecule has 0 aliphatic carbocycles. The molecule has 0 spiro atoms. The summed E-state index contributed by atoms with van der Waals surface area (Å²) in [5, 5.41) is 3.71. The van der Waals surface area contributed by atoms with E-state index in [9.17, 15) is 4.39 Å². The average Bonchev–Trinajstić information content (AvgIpc) is 2.75. The fourth-order valence-electron chi connectivity index (χ4n) is 1.79. The van der Waals surface area contributed by atoms with Crippen molar-refractivity contribution in [3.8, 4) is 5.75 Å². The molecule has 0 aliphatic heterocycles. The number of aromatic nitrogens is 2. The fraction of sp³-hybridized carbons (Fsp3) is 0.357. The first kappa shape index (κ1) is 14.8. The van der Waals surface area contributed by atoms with E-state index in [2.05, 4.69) is 10.3 Å². The number of rotatable bonds is 6. The highest BCUT2D eigenvalue weighted by Gasteiger charge is 2.09. The Morgan fingerprint density at radius 3 is 2.90 bits per heavy atom. The molecule has 4 nitrogen and oxygen atoms in total. The summed E-state index contributed by atoms with van der Waals surface area (Å²) in [7, 11) is 1.82. The largest absolute Gasteiger partial charge is 0.485 e. The molecule has 0 radical (unpaired) electrons. The van der Waals surface area contributed by atoms with Gasteiger partial charge in [-0.3, -0.25) is 0 Å². The second-order valence-corrected chi connectivity index (χ2v) is 4.76. The van der Waals surface area contributed by atoms with Gasteiger partial charge in [-0.1, -0.05) is 18.5 Å². The third-order valence-corrected chi connectivity index (χ3v) is 3.32. The van der Waals surface area contributed by atoms with Crippen molar-refractivity contribution >= 4 is 11.6 Å². The zero-order valence-corrected chi connectivity index (χ0v) is 12.2. The normalized spacial score (nSPS) is 10.8. The van der Waals surface area contributed by atoms with Gasteiger partial charge in [0.2, 0.25) is 0 Å². The minimum Gasteiger partial charge on any atom is -0.485 e. The van der Waals surface area contributed by atoms with Crippen LogP contribution < -0.4 is 10.1 Å². The molecule has 0 bridgehead atoms. The zero-order valence-electron chi connectivity index (χ0n) is 11.5. The maximum atomic E-state index is 13.3. The fourth-order valence-corrected chi connectivity index (χ4v) is 1.93. The first-order valence-electron chi connectivity index (χ1n) is 6.40. The standard InChI is InChI=1S/C14H17ClFN3O/c1-3-17-7-10-6-11(16)4-5-12(10)20-9-14-18-8-13(15)19(14)2/h4-6,8,17H,3,7,9H2,1-2H3. The van der Waals surface area contributed by atoms with Crippen LogP contribution in [0.25, 0.3) is 0 Å². The Morgan fingerprint density at radius 1 is 1.45 bits per heavy atom. The topological polar surface area (TPSA) is 39.1 Å². The molecule has 1 aromatic carbocycles. The van der Waals surface area contributed by atoms with Gasteiger partial charge in [-0.25, -0.2) is 9.37 Å². The number of nitrogens with one attached hydrogen (secondary N) is 1. The van der Waals surface area contributed by atoms with Gasteiger partial charge < -0.3 is 14.6 Å². The molecular weight excluding hydrogens is 281 g/mol. The minimum atomic E-state index is -0.273. The van der Waals surface area contributed by atoms with Crippen LogP contribution in [-0.4, -0.2) is 16.1 Å². The van der Waals surface area contributed by atoms with Crippen LogP contribution in [0.3, 0.4) is 0 Å². The van der Waals surface area contributed by atoms with Gasteiger partial charge in [0.05, 0.1) is 6.20 Å². The molecule has 0 atom stereocenters. The van der Waals surface area contributed by atoms with Gasteiger partial charge in [0.1, 0.15) is 29.2 Å². The third-order valence-electron chi connectivity index (χ3n) is 2.97. The molecule has 0 saturated heterocycles. The van der Waals surface area contributed by atoms with Gasteiger partial charge in [0, 0.05) is 19.2 Å². The highest BCUT2D eigenvalue weighted by atomic mass is 35.5. The lowest BCUT2D eigenvalue weighted by molar-refractivity contribution is 0.287. The number of halogens is 2. The number of hydrogen-bond donors (Lipinski definition) is 1. The summed E-state index contributed by atoms with van der Waals surface area (Å²) in [6.07, 6.45) is 1.57. The Hall–Kier alpha value is -1.59. The molecule has 0 amide bonds. The summed E-state index contributed by atoms with van der Waals surface area (Å²) in [5.41, 5.74) is 0.784. The van der Waals surface area contributed by atoms with Gasteiger partial charge in [-0.05, 0) is 24.7 Å². The Labute approximate surface area is 122 Å². The summed E-state index contributed by atoms with van der Waals surface area (Å²) in [6.45, 7) is 3.65. The first-order chi connectivity index (χ1) is 9.61. The molecule has 1 aromatic heterocycles. The Kier molecular flexibility index (Phi) is 4.98. The molecule has 2 aromatic rings. The molecule has 2 rings (SSSR count). The highest BCUT2D eigenvalue weighted by molar-refractivity contribution is 6.29. The highest BCUT2D eigenvalue weighted by Crippen LogP contribution is 2.21. The predicted molar refractivity (Wildman–Crippen MR) is 76.3 cm³/mol. The number of imidazole rings is 1. The van der Waals surface area contributed by atoms with Crippen LogP contribution in [0.1, 0.15) is 18.3 Å². The van der Waals surface area contributed by atoms with Gasteiger partial charge in [-0.15, -0.1) is 0 Å². The van der Waals surface area contributed by atoms with Crippen LogP contribution in [0.2, 0.25) is 5.15 Å². The van der Waals surface area contributed by atoms with Gasteiger partial charge >= 0.3 is 0 Å². The smallest absolute Gasteiger partial charge is 0.147 e. The lowest BCUT2D eigenvalue weighted by Gasteiger charge is -2.12. The molecule has 1 heterocycles. The van der Waals surface area contributed by atoms with E-state index in [1.165, 1.54) is 12.1 Å². The Bertz CT molecular complexity index is 586. The molecule has 1 N–H and O–H groups in total. The molecule has 0 fully saturated rings. The zero-order chi connectivity index (χ0) is 14.5. The summed E-state index contributed by atoms with van der Waals surface area (Å²) in [5.74, 6) is 1.09. The van der Waals surface area contributed by atoms with Crippen molar-refractivity contribution in [3.63, 3.8) is 0 Å². The summed E-state index contributed by atoms with van der Waals surface area (Å²) >= 11 is 5.92. The van der Waals surface area contributed by atoms with Crippen molar-refractivity contribution in [1.29, 1.82) is 0 Å². The van der Waals surface area contributed by atoms with Crippen LogP contribution in [0.5, 0.6) is 5.75 Å². The predicted octanol–water partition coefficient (Wildman–Crippen LogP) is 2.90. The SMILES string of the molecule is CCNCc1cc(F)ccc1OCc1ncc(Cl)n1C. The number of nitrogens with zero attached hydrogens (tertiary/aromatic N) is 2. The third kappa shape index (κ3) is 3.49. The lowest BCUT2D eigenvalue weighted by atomic mass is 10.2. The van der Waals surface area contributed by atoms with Crippen LogP contribution in [-0.2, 0) is 20.2 Å². The maximum Gasteiger partial charge on any atom is 0.147 e. The lowest BCUT2D eigenvalue weighted by Crippen LogP contribution is -2.13. The van der Waals surface area contributed by atoms with E-state index < -0.39 is 0 Å². The quantitative estimate of drug-likeness (QED) is 0.891. The molecule has 108 valence electrons. The van der Waals surface area contributed by atoms with Crippen molar-refractivity contribution in [2.45, 2.75) is 20.1 Å². The van der Waals surface area contributed by atoms with Crippen molar-refractivity contribution in [3.05, 3.63) is 46.8 Å². The van der Waals surface area contributed by atoms with E-state index in [0.717, 1.165) is 12.1 Å². The summed E-state index contributed by atoms with van der Waals surface area (Å²) in [4.78, 5) is 4.16. The van der Waals surface area contributed by atoms with Gasteiger partial charge in [-0.2, -0.15) is 0 Å². The molecular formula is C14H17ClFN3O. The van der Waals surface area contributed by atoms with Gasteiger partial charge in [0.15, 0.2) is 0 Å². The van der Waals surface area contributed by atoms with E-state index in [4.69, 9.17) is 16.3 Å². The van der Waals surface area contributed by atoms with Crippen molar-refractivity contribution in [1.82, 2.24) is 14.9 Å². The van der Waals surface area contributed by atoms with Gasteiger partial charge in [0.25, 0.3) is 0 Å². The monoisotopic (exact) mass is 297 g/mol. The van der Waals surface area contributed by atoms with Crippen LogP contribution >= 0.6 is 11.6 Å². The van der Waals surface area contributed by atoms with Crippen LogP contribution in [0.15, 0.2) is 24.4 Å². The van der Waals surface area contributed by atoms with E-state index in [-0.39, 0.29) is 12.4 Å². The number of benzene rings is 1. The van der Waals surface area contributed by atoms with E-state index in [1.807, 2.05) is 14.0 Å². The van der Waals surface area contributed by atoms with Crippen molar-refractivity contribution in [2.24, 2.45) is 7.05 Å². The molecule has 0 saturated carbocycles. The second-order valence-electron chi connectivity index (χ2n) is 4.38. The van der Waals surface area contributed by atoms with Crippen LogP contribution in [0.4, 0.5) is 4.39 Å². The molecule has 0 unspecified atom stereocenters. The van der Waals surface area contributed by atoms with Crippen molar-refractivity contribution in [2.75, 3.05) is 6.54 Å². The number of hydrogen-bond acceptors (Lipinski definition) is 3. The van der Waals surface area contributed by atoms with E-state index in [1.54, 1.807) is 16.8 Å². The van der Waals surface area contributed by atoms with Crippen molar-refractivity contribution < 1.29 is 9.13 Å². The second kappa shape index (κ2) is 6.72. The van der Waals surface area contributed by atoms with E-state index in [0.29, 0.717) is 23.3 Å². The molecule has 6 heteroatoms. The summed E-state index contributed by atoms with van der Waals surface area (Å²) < 4.78 is 20.8. The Morgan fingerprint density at radius 2 is 2.25 bits per heavy atom. The van der Waals surface area contributed by atoms with Crippen LogP contribution in [0, 0.1) is 5.82 Å². The maximum absolute atomic E-state index is 13.3. The van der Waals surface area contributed by atoms with E-state index >= 15 is 0 Å². The summed E-state index contributed by atoms with van der Waals surface area (Å²) in [6, 6.07) is 4.49.